The van der Waals surface area contributed by atoms with Crippen LogP contribution < -0.4 is 5.32 Å². The van der Waals surface area contributed by atoms with Crippen LogP contribution in [-0.4, -0.2) is 41.3 Å². The van der Waals surface area contributed by atoms with E-state index in [-0.39, 0.29) is 17.2 Å². The number of carbonyl (C=O) groups is 1. The number of sulfonamides is 1. The van der Waals surface area contributed by atoms with E-state index in [0.29, 0.717) is 36.3 Å². The molecule has 1 amide bonds. The highest BCUT2D eigenvalue weighted by atomic mass is 32.2. The van der Waals surface area contributed by atoms with Gasteiger partial charge in [-0.25, -0.2) is 13.4 Å². The van der Waals surface area contributed by atoms with Gasteiger partial charge < -0.3 is 9.88 Å². The zero-order valence-corrected chi connectivity index (χ0v) is 19.4. The third-order valence-corrected chi connectivity index (χ3v) is 7.72. The summed E-state index contributed by atoms with van der Waals surface area (Å²) >= 11 is 0. The predicted octanol–water partition coefficient (Wildman–Crippen LogP) is 3.67. The first-order valence-corrected chi connectivity index (χ1v) is 12.7. The number of aryl methyl sites for hydroxylation is 2. The Hall–Kier alpha value is -3.22. The average molecular weight is 466 g/mol. The zero-order valence-electron chi connectivity index (χ0n) is 18.6. The number of nitrogens with zero attached hydrogens (tertiary/aromatic N) is 4. The van der Waals surface area contributed by atoms with E-state index in [0.717, 1.165) is 37.1 Å². The van der Waals surface area contributed by atoms with Crippen molar-refractivity contribution >= 4 is 32.7 Å². The maximum absolute atomic E-state index is 12.9. The van der Waals surface area contributed by atoms with Crippen molar-refractivity contribution in [1.82, 2.24) is 13.9 Å². The molecule has 2 heterocycles. The van der Waals surface area contributed by atoms with E-state index in [1.807, 2.05) is 12.1 Å². The number of rotatable bonds is 8. The average Bonchev–Trinajstić information content (AvgIpc) is 3.47. The van der Waals surface area contributed by atoms with Crippen molar-refractivity contribution in [2.24, 2.45) is 0 Å². The number of hydrogen-bond donors (Lipinski definition) is 1. The third kappa shape index (κ3) is 4.92. The molecular formula is C24H27N5O3S. The van der Waals surface area contributed by atoms with E-state index in [4.69, 9.17) is 10.2 Å². The number of imidazole rings is 1. The van der Waals surface area contributed by atoms with Crippen LogP contribution in [0, 0.1) is 11.3 Å². The molecule has 9 heteroatoms. The number of amides is 1. The first-order chi connectivity index (χ1) is 15.9. The van der Waals surface area contributed by atoms with Gasteiger partial charge in [0, 0.05) is 38.2 Å². The molecule has 1 aliphatic rings. The molecule has 33 heavy (non-hydrogen) atoms. The van der Waals surface area contributed by atoms with Crippen LogP contribution in [0.2, 0.25) is 0 Å². The SMILES string of the molecule is CCCn1c(CCC(=O)Nc2ccc(C#N)cc2)nc2cc(S(=O)(=O)N3CCCC3)ccc21. The van der Waals surface area contributed by atoms with Crippen LogP contribution in [-0.2, 0) is 27.8 Å². The van der Waals surface area contributed by atoms with Gasteiger partial charge in [0.05, 0.1) is 27.6 Å². The molecule has 1 aliphatic heterocycles. The Morgan fingerprint density at radius 2 is 1.88 bits per heavy atom. The van der Waals surface area contributed by atoms with Gasteiger partial charge in [-0.15, -0.1) is 0 Å². The molecule has 1 fully saturated rings. The van der Waals surface area contributed by atoms with Crippen LogP contribution in [0.1, 0.15) is 44.0 Å². The van der Waals surface area contributed by atoms with E-state index in [9.17, 15) is 13.2 Å². The van der Waals surface area contributed by atoms with Crippen LogP contribution in [0.25, 0.3) is 11.0 Å². The molecule has 2 aromatic carbocycles. The first kappa shape index (κ1) is 23.0. The van der Waals surface area contributed by atoms with Gasteiger partial charge in [0.25, 0.3) is 0 Å². The summed E-state index contributed by atoms with van der Waals surface area (Å²) in [5.74, 6) is 0.615. The molecule has 3 aromatic rings. The standard InChI is InChI=1S/C24H27N5O3S/c1-2-13-29-22-10-9-20(33(31,32)28-14-3-4-15-28)16-21(22)27-23(29)11-12-24(30)26-19-7-5-18(17-25)6-8-19/h5-10,16H,2-4,11-15H2,1H3,(H,26,30). The molecule has 0 unspecified atom stereocenters. The summed E-state index contributed by atoms with van der Waals surface area (Å²) in [6, 6.07) is 13.9. The van der Waals surface area contributed by atoms with Crippen molar-refractivity contribution in [3.05, 3.63) is 53.9 Å². The van der Waals surface area contributed by atoms with Crippen molar-refractivity contribution in [1.29, 1.82) is 5.26 Å². The molecule has 0 atom stereocenters. The summed E-state index contributed by atoms with van der Waals surface area (Å²) in [5, 5.41) is 11.7. The van der Waals surface area contributed by atoms with Crippen molar-refractivity contribution < 1.29 is 13.2 Å². The highest BCUT2D eigenvalue weighted by molar-refractivity contribution is 7.89. The van der Waals surface area contributed by atoms with Crippen molar-refractivity contribution in [3.8, 4) is 6.07 Å². The van der Waals surface area contributed by atoms with Crippen LogP contribution in [0.3, 0.4) is 0 Å². The molecule has 0 aliphatic carbocycles. The first-order valence-electron chi connectivity index (χ1n) is 11.2. The van der Waals surface area contributed by atoms with Gasteiger partial charge in [-0.3, -0.25) is 4.79 Å². The lowest BCUT2D eigenvalue weighted by Gasteiger charge is -2.15. The minimum Gasteiger partial charge on any atom is -0.328 e. The van der Waals surface area contributed by atoms with Gasteiger partial charge in [0.2, 0.25) is 15.9 Å². The fraction of sp³-hybridized carbons (Fsp3) is 0.375. The monoisotopic (exact) mass is 465 g/mol. The number of hydrogen-bond acceptors (Lipinski definition) is 5. The number of aromatic nitrogens is 2. The molecule has 1 saturated heterocycles. The molecule has 0 bridgehead atoms. The summed E-state index contributed by atoms with van der Waals surface area (Å²) < 4.78 is 29.5. The van der Waals surface area contributed by atoms with Gasteiger partial charge in [-0.1, -0.05) is 6.92 Å². The van der Waals surface area contributed by atoms with Gasteiger partial charge in [-0.2, -0.15) is 9.57 Å². The molecule has 0 spiro atoms. The van der Waals surface area contributed by atoms with Gasteiger partial charge >= 0.3 is 0 Å². The fourth-order valence-corrected chi connectivity index (χ4v) is 5.68. The minimum atomic E-state index is -3.51. The van der Waals surface area contributed by atoms with Crippen molar-refractivity contribution in [3.63, 3.8) is 0 Å². The lowest BCUT2D eigenvalue weighted by Crippen LogP contribution is -2.27. The number of nitriles is 1. The van der Waals surface area contributed by atoms with Gasteiger partial charge in [0.1, 0.15) is 5.82 Å². The minimum absolute atomic E-state index is 0.146. The second kappa shape index (κ2) is 9.73. The summed E-state index contributed by atoms with van der Waals surface area (Å²) in [5.41, 5.74) is 2.68. The lowest BCUT2D eigenvalue weighted by atomic mass is 10.2. The molecule has 8 nitrogen and oxygen atoms in total. The lowest BCUT2D eigenvalue weighted by molar-refractivity contribution is -0.116. The Morgan fingerprint density at radius 1 is 1.15 bits per heavy atom. The van der Waals surface area contributed by atoms with Crippen LogP contribution >= 0.6 is 0 Å². The summed E-state index contributed by atoms with van der Waals surface area (Å²) in [6.07, 6.45) is 3.35. The Morgan fingerprint density at radius 3 is 2.55 bits per heavy atom. The predicted molar refractivity (Wildman–Crippen MR) is 126 cm³/mol. The van der Waals surface area contributed by atoms with E-state index >= 15 is 0 Å². The van der Waals surface area contributed by atoms with Crippen LogP contribution in [0.4, 0.5) is 5.69 Å². The number of benzene rings is 2. The maximum atomic E-state index is 12.9. The maximum Gasteiger partial charge on any atom is 0.243 e. The second-order valence-corrected chi connectivity index (χ2v) is 10.1. The summed E-state index contributed by atoms with van der Waals surface area (Å²) in [7, 11) is -3.51. The molecule has 172 valence electrons. The molecular weight excluding hydrogens is 438 g/mol. The normalized spacial score (nSPS) is 14.4. The van der Waals surface area contributed by atoms with Crippen LogP contribution in [0.15, 0.2) is 47.4 Å². The van der Waals surface area contributed by atoms with E-state index in [2.05, 4.69) is 16.8 Å². The number of anilines is 1. The molecule has 4 rings (SSSR count). The smallest absolute Gasteiger partial charge is 0.243 e. The Balaban J connectivity index is 1.53. The zero-order chi connectivity index (χ0) is 23.4. The van der Waals surface area contributed by atoms with Crippen molar-refractivity contribution in [2.45, 2.75) is 50.5 Å². The largest absolute Gasteiger partial charge is 0.328 e. The van der Waals surface area contributed by atoms with Gasteiger partial charge in [0.15, 0.2) is 0 Å². The number of nitrogens with one attached hydrogen (secondary N) is 1. The van der Waals surface area contributed by atoms with E-state index in [1.165, 1.54) is 4.31 Å². The molecule has 0 saturated carbocycles. The summed E-state index contributed by atoms with van der Waals surface area (Å²) in [6.45, 7) is 3.93. The van der Waals surface area contributed by atoms with Crippen LogP contribution in [0.5, 0.6) is 0 Å². The van der Waals surface area contributed by atoms with Crippen molar-refractivity contribution in [2.75, 3.05) is 18.4 Å². The highest BCUT2D eigenvalue weighted by Gasteiger charge is 2.27. The van der Waals surface area contributed by atoms with E-state index in [1.54, 1.807) is 36.4 Å². The number of fused-ring (bicyclic) bond motifs is 1. The fourth-order valence-electron chi connectivity index (χ4n) is 4.14. The third-order valence-electron chi connectivity index (χ3n) is 5.82. The quantitative estimate of drug-likeness (QED) is 0.546. The number of carbonyl (C=O) groups excluding carboxylic acids is 1. The summed E-state index contributed by atoms with van der Waals surface area (Å²) in [4.78, 5) is 17.4. The molecule has 0 radical (unpaired) electrons. The molecule has 1 N–H and O–H groups in total. The van der Waals surface area contributed by atoms with E-state index < -0.39 is 10.0 Å². The Bertz CT molecular complexity index is 1300. The Kier molecular flexibility index (Phi) is 6.77. The van der Waals surface area contributed by atoms with Gasteiger partial charge in [-0.05, 0) is 61.7 Å². The topological polar surface area (TPSA) is 108 Å². The Labute approximate surface area is 193 Å². The highest BCUT2D eigenvalue weighted by Crippen LogP contribution is 2.26. The molecule has 1 aromatic heterocycles. The second-order valence-electron chi connectivity index (χ2n) is 8.18.